The Morgan fingerprint density at radius 3 is 2.12 bits per heavy atom. The van der Waals surface area contributed by atoms with Crippen molar-refractivity contribution in [3.8, 4) is 17.1 Å². The summed E-state index contributed by atoms with van der Waals surface area (Å²) in [5, 5.41) is 22.4. The van der Waals surface area contributed by atoms with Crippen LogP contribution in [0.4, 0.5) is 0 Å². The molecule has 1 aromatic carbocycles. The van der Waals surface area contributed by atoms with Crippen molar-refractivity contribution in [2.45, 2.75) is 47.6 Å². The summed E-state index contributed by atoms with van der Waals surface area (Å²) in [6.07, 6.45) is 6.67. The first kappa shape index (κ1) is 35.8. The van der Waals surface area contributed by atoms with Crippen LogP contribution in [0.15, 0.2) is 76.0 Å². The van der Waals surface area contributed by atoms with Crippen LogP contribution in [0.3, 0.4) is 0 Å². The molecular weight excluding hydrogens is 534 g/mol. The van der Waals surface area contributed by atoms with Crippen molar-refractivity contribution in [3.05, 3.63) is 82.6 Å². The number of amides is 1. The van der Waals surface area contributed by atoms with Crippen LogP contribution in [-0.2, 0) is 14.4 Å². The molecule has 1 aromatic rings. The number of rotatable bonds is 6. The number of hydrogen-bond donors (Lipinski definition) is 3. The Labute approximate surface area is 240 Å². The number of halogens is 1. The Kier molecular flexibility index (Phi) is 16.3. The molecule has 216 valence electrons. The lowest BCUT2D eigenvalue weighted by atomic mass is 9.89. The van der Waals surface area contributed by atoms with Gasteiger partial charge >= 0.3 is 5.97 Å². The standard InChI is InChI=1S/C21H16O5.C5H9NO2.C4H10.CH3Cl/c1-3-5-15(21(24)25)14(4-2)20-16-8-6-12(22)10-18(16)26-19-11-13(23)7-9-17(19)20;1-4(3-7)6-5(2)8;1-4(2)3;1-2/h3-11,22H,1H2,2H3,(H,24,25);3-4H,1-2H3,(H,6,8);4H,1-3H3;1H3/b14-4+,15-5+;;;. The number of fused-ring (bicyclic) bond motifs is 2. The fourth-order valence-electron chi connectivity index (χ4n) is 3.33. The normalized spacial score (nSPS) is 11.6. The molecule has 40 heavy (non-hydrogen) atoms. The monoisotopic (exact) mass is 571 g/mol. The molecule has 1 heterocycles. The second-order valence-corrected chi connectivity index (χ2v) is 9.00. The number of carboxylic acids is 1. The number of benzene rings is 2. The fourth-order valence-corrected chi connectivity index (χ4v) is 3.33. The molecule has 0 bridgehead atoms. The maximum atomic E-state index is 11.8. The topological polar surface area (TPSA) is 134 Å². The van der Waals surface area contributed by atoms with Gasteiger partial charge in [0.15, 0.2) is 5.43 Å². The highest BCUT2D eigenvalue weighted by Crippen LogP contribution is 2.40. The van der Waals surface area contributed by atoms with Gasteiger partial charge in [-0.3, -0.25) is 9.59 Å². The van der Waals surface area contributed by atoms with Crippen LogP contribution in [0.25, 0.3) is 27.9 Å². The van der Waals surface area contributed by atoms with Crippen molar-refractivity contribution >= 4 is 46.3 Å². The van der Waals surface area contributed by atoms with Crippen LogP contribution in [0.1, 0.15) is 47.1 Å². The number of alkyl halides is 1. The Morgan fingerprint density at radius 1 is 1.07 bits per heavy atom. The van der Waals surface area contributed by atoms with E-state index >= 15 is 0 Å². The number of aliphatic carboxylic acids is 1. The number of allylic oxidation sites excluding steroid dienone is 3. The van der Waals surface area contributed by atoms with Crippen molar-refractivity contribution < 1.29 is 29.0 Å². The summed E-state index contributed by atoms with van der Waals surface area (Å²) in [6, 6.07) is 8.59. The third kappa shape index (κ3) is 11.3. The summed E-state index contributed by atoms with van der Waals surface area (Å²) >= 11 is 4.64. The zero-order chi connectivity index (χ0) is 31.0. The number of carbonyl (C=O) groups excluding carboxylic acids is 2. The van der Waals surface area contributed by atoms with Crippen LogP contribution in [-0.4, -0.2) is 40.8 Å². The highest BCUT2D eigenvalue weighted by atomic mass is 35.5. The molecule has 1 amide bonds. The molecule has 0 fully saturated rings. The number of aromatic hydroxyl groups is 1. The van der Waals surface area contributed by atoms with Crippen LogP contribution in [0.2, 0.25) is 0 Å². The summed E-state index contributed by atoms with van der Waals surface area (Å²) in [6.45, 7) is 14.8. The summed E-state index contributed by atoms with van der Waals surface area (Å²) < 4.78 is 5.77. The van der Waals surface area contributed by atoms with E-state index in [1.807, 2.05) is 0 Å². The average molecular weight is 572 g/mol. The summed E-state index contributed by atoms with van der Waals surface area (Å²) in [5.74, 6) is -0.121. The number of aldehydes is 1. The van der Waals surface area contributed by atoms with Gasteiger partial charge in [0.1, 0.15) is 23.4 Å². The first-order valence-electron chi connectivity index (χ1n) is 12.4. The van der Waals surface area contributed by atoms with E-state index in [1.165, 1.54) is 49.7 Å². The fraction of sp³-hybridized carbons (Fsp3) is 0.290. The molecule has 8 nitrogen and oxygen atoms in total. The van der Waals surface area contributed by atoms with Gasteiger partial charge in [0.05, 0.1) is 11.6 Å². The lowest BCUT2D eigenvalue weighted by Gasteiger charge is -2.17. The molecule has 0 spiro atoms. The minimum atomic E-state index is -1.10. The zero-order valence-electron chi connectivity index (χ0n) is 23.9. The van der Waals surface area contributed by atoms with Gasteiger partial charge in [-0.2, -0.15) is 0 Å². The molecule has 9 heteroatoms. The maximum Gasteiger partial charge on any atom is 0.336 e. The molecule has 3 N–H and O–H groups in total. The van der Waals surface area contributed by atoms with Gasteiger partial charge in [-0.25, -0.2) is 4.79 Å². The largest absolute Gasteiger partial charge is 0.508 e. The van der Waals surface area contributed by atoms with E-state index in [0.717, 1.165) is 5.92 Å². The van der Waals surface area contributed by atoms with Crippen molar-refractivity contribution in [2.75, 3.05) is 6.38 Å². The molecule has 0 aromatic heterocycles. The van der Waals surface area contributed by atoms with Crippen LogP contribution in [0, 0.1) is 5.92 Å². The van der Waals surface area contributed by atoms with Gasteiger partial charge in [0, 0.05) is 42.0 Å². The minimum Gasteiger partial charge on any atom is -0.508 e. The minimum absolute atomic E-state index is 0.00643. The van der Waals surface area contributed by atoms with Gasteiger partial charge in [-0.15, -0.1) is 11.6 Å². The van der Waals surface area contributed by atoms with E-state index < -0.39 is 5.97 Å². The van der Waals surface area contributed by atoms with Gasteiger partial charge in [0.2, 0.25) is 5.91 Å². The van der Waals surface area contributed by atoms with E-state index in [0.29, 0.717) is 39.7 Å². The predicted octanol–water partition coefficient (Wildman–Crippen LogP) is 6.43. The Morgan fingerprint density at radius 2 is 1.68 bits per heavy atom. The SMILES string of the molecule is C=C/C=C(C(=O)O)\C(=C/C)c1c2ccc(=O)cc-2oc2cc(O)ccc12.CC(=O)NC(C)C=O.CC(C)C.CCl. The molecule has 0 saturated heterocycles. The van der Waals surface area contributed by atoms with Gasteiger partial charge in [0.25, 0.3) is 0 Å². The Hall–Kier alpha value is -4.17. The zero-order valence-corrected chi connectivity index (χ0v) is 24.7. The molecule has 0 saturated carbocycles. The summed E-state index contributed by atoms with van der Waals surface area (Å²) in [7, 11) is 0. The van der Waals surface area contributed by atoms with Crippen LogP contribution in [0.5, 0.6) is 5.75 Å². The summed E-state index contributed by atoms with van der Waals surface area (Å²) in [5.41, 5.74) is 1.86. The second-order valence-electron chi connectivity index (χ2n) is 9.00. The third-order valence-electron chi connectivity index (χ3n) is 4.68. The molecular formula is C31H38ClNO7. The Bertz CT molecular complexity index is 1380. The van der Waals surface area contributed by atoms with Gasteiger partial charge in [-0.1, -0.05) is 39.5 Å². The lowest BCUT2D eigenvalue weighted by molar-refractivity contribution is -0.132. The van der Waals surface area contributed by atoms with Crippen LogP contribution >= 0.6 is 11.6 Å². The van der Waals surface area contributed by atoms with Gasteiger partial charge < -0.3 is 24.7 Å². The molecule has 0 radical (unpaired) electrons. The van der Waals surface area contributed by atoms with E-state index in [9.17, 15) is 29.4 Å². The van der Waals surface area contributed by atoms with E-state index in [-0.39, 0.29) is 28.7 Å². The van der Waals surface area contributed by atoms with Crippen molar-refractivity contribution in [1.29, 1.82) is 0 Å². The van der Waals surface area contributed by atoms with Crippen LogP contribution < -0.4 is 10.7 Å². The Balaban J connectivity index is 0.000000908. The first-order valence-corrected chi connectivity index (χ1v) is 13.1. The number of carboxylic acid groups (broad SMARTS) is 1. The molecule has 1 atom stereocenters. The molecule has 1 aliphatic carbocycles. The first-order chi connectivity index (χ1) is 18.9. The van der Waals surface area contributed by atoms with E-state index in [1.54, 1.807) is 32.1 Å². The maximum absolute atomic E-state index is 11.8. The molecule has 2 aliphatic rings. The molecule has 3 rings (SSSR count). The van der Waals surface area contributed by atoms with Gasteiger partial charge in [-0.05, 0) is 55.7 Å². The number of phenols is 1. The molecule has 1 aliphatic heterocycles. The average Bonchev–Trinajstić information content (AvgIpc) is 2.88. The number of phenolic OH excluding ortho intramolecular Hbond substituents is 1. The van der Waals surface area contributed by atoms with Crippen molar-refractivity contribution in [1.82, 2.24) is 5.32 Å². The third-order valence-corrected chi connectivity index (χ3v) is 4.68. The highest BCUT2D eigenvalue weighted by molar-refractivity contribution is 6.15. The van der Waals surface area contributed by atoms with E-state index in [2.05, 4.69) is 44.3 Å². The van der Waals surface area contributed by atoms with Crippen molar-refractivity contribution in [3.63, 3.8) is 0 Å². The molecule has 1 unspecified atom stereocenters. The number of nitrogens with one attached hydrogen (secondary N) is 1. The highest BCUT2D eigenvalue weighted by Gasteiger charge is 2.23. The second kappa shape index (κ2) is 18.2. The lowest BCUT2D eigenvalue weighted by Crippen LogP contribution is -2.31. The van der Waals surface area contributed by atoms with E-state index in [4.69, 9.17) is 4.42 Å². The number of carbonyl (C=O) groups is 3. The predicted molar refractivity (Wildman–Crippen MR) is 162 cm³/mol. The van der Waals surface area contributed by atoms with Crippen molar-refractivity contribution in [2.24, 2.45) is 5.92 Å². The number of hydrogen-bond acceptors (Lipinski definition) is 6. The smallest absolute Gasteiger partial charge is 0.336 e. The quantitative estimate of drug-likeness (QED) is 0.102. The summed E-state index contributed by atoms with van der Waals surface area (Å²) in [4.78, 5) is 43.5.